The number of para-hydroxylation sites is 1. The topological polar surface area (TPSA) is 82.1 Å². The molecule has 0 spiro atoms. The van der Waals surface area contributed by atoms with E-state index in [1.54, 1.807) is 53.6 Å². The first kappa shape index (κ1) is 20.9. The van der Waals surface area contributed by atoms with Crippen LogP contribution in [0, 0.1) is 0 Å². The monoisotopic (exact) mass is 445 g/mol. The van der Waals surface area contributed by atoms with Crippen molar-refractivity contribution in [2.75, 3.05) is 13.2 Å². The summed E-state index contributed by atoms with van der Waals surface area (Å²) in [6.07, 6.45) is 1.56. The van der Waals surface area contributed by atoms with Crippen LogP contribution >= 0.6 is 0 Å². The number of hydrogen-bond acceptors (Lipinski definition) is 6. The van der Waals surface area contributed by atoms with Crippen molar-refractivity contribution in [3.05, 3.63) is 93.7 Å². The second kappa shape index (κ2) is 8.50. The fourth-order valence-electron chi connectivity index (χ4n) is 4.29. The van der Waals surface area contributed by atoms with Crippen LogP contribution in [0.25, 0.3) is 11.0 Å². The zero-order valence-corrected chi connectivity index (χ0v) is 18.4. The molecule has 168 valence electrons. The highest BCUT2D eigenvalue weighted by Crippen LogP contribution is 2.41. The molecule has 1 atom stereocenters. The summed E-state index contributed by atoms with van der Waals surface area (Å²) in [5, 5.41) is 0.435. The van der Waals surface area contributed by atoms with Crippen molar-refractivity contribution in [1.29, 1.82) is 0 Å². The van der Waals surface area contributed by atoms with E-state index in [0.29, 0.717) is 47.0 Å². The molecule has 2 aromatic heterocycles. The Morgan fingerprint density at radius 3 is 2.48 bits per heavy atom. The van der Waals surface area contributed by atoms with Crippen LogP contribution in [0.4, 0.5) is 0 Å². The average molecular weight is 445 g/mol. The molecule has 4 aromatic rings. The van der Waals surface area contributed by atoms with Gasteiger partial charge in [-0.3, -0.25) is 9.59 Å². The zero-order valence-electron chi connectivity index (χ0n) is 18.4. The number of hydrogen-bond donors (Lipinski definition) is 0. The highest BCUT2D eigenvalue weighted by atomic mass is 16.5. The summed E-state index contributed by atoms with van der Waals surface area (Å²) in [7, 11) is 0. The van der Waals surface area contributed by atoms with Gasteiger partial charge in [-0.25, -0.2) is 0 Å². The van der Waals surface area contributed by atoms with Crippen molar-refractivity contribution in [2.45, 2.75) is 26.4 Å². The Bertz CT molecular complexity index is 1370. The van der Waals surface area contributed by atoms with E-state index in [4.69, 9.17) is 18.3 Å². The van der Waals surface area contributed by atoms with Crippen molar-refractivity contribution >= 4 is 16.9 Å². The quantitative estimate of drug-likeness (QED) is 0.401. The molecule has 3 heterocycles. The molecule has 1 aliphatic rings. The third-order valence-corrected chi connectivity index (χ3v) is 5.66. The molecule has 0 saturated carbocycles. The number of ether oxygens (including phenoxy) is 2. The number of amides is 1. The molecular formula is C26H23NO6. The first-order valence-electron chi connectivity index (χ1n) is 10.9. The molecule has 0 fully saturated rings. The van der Waals surface area contributed by atoms with Crippen LogP contribution in [-0.4, -0.2) is 24.0 Å². The maximum atomic E-state index is 13.6. The largest absolute Gasteiger partial charge is 0.490 e. The Hall–Kier alpha value is -4.00. The minimum Gasteiger partial charge on any atom is -0.490 e. The minimum absolute atomic E-state index is 0.0575. The lowest BCUT2D eigenvalue weighted by Gasteiger charge is -2.25. The van der Waals surface area contributed by atoms with Crippen molar-refractivity contribution in [1.82, 2.24) is 4.90 Å². The standard InChI is InChI=1S/C26H23NO6/c1-3-30-20-12-11-16(14-21(20)31-4-2)23-22-24(28)18-9-5-6-10-19(18)33-25(22)26(29)27(23)15-17-8-7-13-32-17/h5-14,23H,3-4,15H2,1-2H3. The molecule has 0 aliphatic carbocycles. The molecule has 2 aromatic carbocycles. The molecule has 7 nitrogen and oxygen atoms in total. The maximum absolute atomic E-state index is 13.6. The lowest BCUT2D eigenvalue weighted by atomic mass is 9.98. The van der Waals surface area contributed by atoms with E-state index in [-0.39, 0.29) is 23.6 Å². The molecule has 33 heavy (non-hydrogen) atoms. The van der Waals surface area contributed by atoms with Crippen LogP contribution in [0.5, 0.6) is 11.5 Å². The summed E-state index contributed by atoms with van der Waals surface area (Å²) < 4.78 is 22.9. The van der Waals surface area contributed by atoms with Crippen molar-refractivity contribution < 1.29 is 23.1 Å². The Labute approximate surface area is 190 Å². The molecule has 1 amide bonds. The Balaban J connectivity index is 1.71. The van der Waals surface area contributed by atoms with Crippen molar-refractivity contribution in [3.8, 4) is 11.5 Å². The van der Waals surface area contributed by atoms with Crippen LogP contribution in [0.2, 0.25) is 0 Å². The normalized spacial score (nSPS) is 15.2. The summed E-state index contributed by atoms with van der Waals surface area (Å²) in [6.45, 7) is 4.92. The van der Waals surface area contributed by atoms with E-state index in [1.807, 2.05) is 26.0 Å². The number of nitrogens with zero attached hydrogens (tertiary/aromatic N) is 1. The number of furan rings is 1. The number of fused-ring (bicyclic) bond motifs is 2. The number of carbonyl (C=O) groups is 1. The summed E-state index contributed by atoms with van der Waals surface area (Å²) >= 11 is 0. The van der Waals surface area contributed by atoms with E-state index in [0.717, 1.165) is 5.56 Å². The fourth-order valence-corrected chi connectivity index (χ4v) is 4.29. The van der Waals surface area contributed by atoms with Gasteiger partial charge in [0.25, 0.3) is 5.91 Å². The average Bonchev–Trinajstić information content (AvgIpc) is 3.43. The van der Waals surface area contributed by atoms with Crippen molar-refractivity contribution in [3.63, 3.8) is 0 Å². The SMILES string of the molecule is CCOc1ccc(C2c3c(oc4ccccc4c3=O)C(=O)N2Cc2ccco2)cc1OCC. The lowest BCUT2D eigenvalue weighted by molar-refractivity contribution is 0.0701. The smallest absolute Gasteiger partial charge is 0.291 e. The van der Waals surface area contributed by atoms with Crippen molar-refractivity contribution in [2.24, 2.45) is 0 Å². The minimum atomic E-state index is -0.659. The van der Waals surface area contributed by atoms with E-state index in [1.165, 1.54) is 0 Å². The number of carbonyl (C=O) groups excluding carboxylic acids is 1. The summed E-state index contributed by atoms with van der Waals surface area (Å²) in [5.41, 5.74) is 1.20. The Morgan fingerprint density at radius 2 is 1.73 bits per heavy atom. The van der Waals surface area contributed by atoms with Gasteiger partial charge in [-0.2, -0.15) is 0 Å². The Morgan fingerprint density at radius 1 is 0.939 bits per heavy atom. The third-order valence-electron chi connectivity index (χ3n) is 5.66. The molecule has 0 bridgehead atoms. The van der Waals surface area contributed by atoms with Crippen LogP contribution < -0.4 is 14.9 Å². The van der Waals surface area contributed by atoms with Crippen LogP contribution in [0.15, 0.2) is 74.5 Å². The summed E-state index contributed by atoms with van der Waals surface area (Å²) in [4.78, 5) is 28.6. The molecule has 0 radical (unpaired) electrons. The molecule has 5 rings (SSSR count). The van der Waals surface area contributed by atoms with Crippen LogP contribution in [0.1, 0.15) is 47.3 Å². The first-order chi connectivity index (χ1) is 16.1. The lowest BCUT2D eigenvalue weighted by Crippen LogP contribution is -2.29. The van der Waals surface area contributed by atoms with Gasteiger partial charge >= 0.3 is 0 Å². The molecule has 0 saturated heterocycles. The zero-order chi connectivity index (χ0) is 22.9. The second-order valence-corrected chi connectivity index (χ2v) is 7.66. The first-order valence-corrected chi connectivity index (χ1v) is 10.9. The van der Waals surface area contributed by atoms with Gasteiger partial charge in [0, 0.05) is 0 Å². The molecule has 1 aliphatic heterocycles. The van der Waals surface area contributed by atoms with Gasteiger partial charge in [0.1, 0.15) is 11.3 Å². The molecular weight excluding hydrogens is 422 g/mol. The van der Waals surface area contributed by atoms with Crippen LogP contribution in [0.3, 0.4) is 0 Å². The van der Waals surface area contributed by atoms with Gasteiger partial charge in [-0.15, -0.1) is 0 Å². The van der Waals surface area contributed by atoms with Gasteiger partial charge in [-0.05, 0) is 55.8 Å². The second-order valence-electron chi connectivity index (χ2n) is 7.66. The van der Waals surface area contributed by atoms with E-state index in [2.05, 4.69) is 0 Å². The summed E-state index contributed by atoms with van der Waals surface area (Å²) in [6, 6.07) is 15.3. The van der Waals surface area contributed by atoms with Gasteiger partial charge in [0.05, 0.1) is 43.0 Å². The maximum Gasteiger partial charge on any atom is 0.291 e. The molecule has 7 heteroatoms. The van der Waals surface area contributed by atoms with E-state index in [9.17, 15) is 9.59 Å². The number of rotatable bonds is 7. The Kier molecular flexibility index (Phi) is 5.38. The van der Waals surface area contributed by atoms with E-state index < -0.39 is 6.04 Å². The van der Waals surface area contributed by atoms with Gasteiger partial charge < -0.3 is 23.2 Å². The van der Waals surface area contributed by atoms with E-state index >= 15 is 0 Å². The third kappa shape index (κ3) is 3.55. The predicted molar refractivity (Wildman–Crippen MR) is 122 cm³/mol. The van der Waals surface area contributed by atoms with Gasteiger partial charge in [0.2, 0.25) is 5.76 Å². The fraction of sp³-hybridized carbons (Fsp3) is 0.231. The van der Waals surface area contributed by atoms with Crippen LogP contribution in [-0.2, 0) is 6.54 Å². The molecule has 0 N–H and O–H groups in total. The molecule has 1 unspecified atom stereocenters. The summed E-state index contributed by atoms with van der Waals surface area (Å²) in [5.74, 6) is 1.47. The van der Waals surface area contributed by atoms with Gasteiger partial charge in [0.15, 0.2) is 16.9 Å². The predicted octanol–water partition coefficient (Wildman–Crippen LogP) is 4.93. The number of benzene rings is 2. The highest BCUT2D eigenvalue weighted by Gasteiger charge is 2.43. The highest BCUT2D eigenvalue weighted by molar-refractivity contribution is 5.99. The van der Waals surface area contributed by atoms with Gasteiger partial charge in [-0.1, -0.05) is 18.2 Å².